The third-order valence-corrected chi connectivity index (χ3v) is 4.62. The molecule has 0 fully saturated rings. The fourth-order valence-electron chi connectivity index (χ4n) is 2.46. The molecule has 1 aromatic rings. The fraction of sp³-hybridized carbons (Fsp3) is 0.412. The van der Waals surface area contributed by atoms with E-state index in [4.69, 9.17) is 0 Å². The summed E-state index contributed by atoms with van der Waals surface area (Å²) in [5.74, 6) is -0.348. The Morgan fingerprint density at radius 1 is 1.17 bits per heavy atom. The summed E-state index contributed by atoms with van der Waals surface area (Å²) in [5.41, 5.74) is 2.29. The second-order valence-electron chi connectivity index (χ2n) is 5.50. The number of imide groups is 1. The number of carbonyl (C=O) groups is 2. The summed E-state index contributed by atoms with van der Waals surface area (Å²) in [6.07, 6.45) is 7.90. The smallest absolute Gasteiger partial charge is 0.321 e. The quantitative estimate of drug-likeness (QED) is 0.482. The van der Waals surface area contributed by atoms with Crippen molar-refractivity contribution >= 4 is 40.2 Å². The summed E-state index contributed by atoms with van der Waals surface area (Å²) in [4.78, 5) is 23.4. The number of amides is 3. The Bertz CT molecular complexity index is 587. The van der Waals surface area contributed by atoms with Gasteiger partial charge in [-0.3, -0.25) is 10.1 Å². The molecule has 0 bridgehead atoms. The number of nitrogens with one attached hydrogen (secondary N) is 3. The van der Waals surface area contributed by atoms with Crippen LogP contribution in [0, 0.1) is 3.57 Å². The Hall–Kier alpha value is -1.57. The molecular formula is C17H22IN3O2. The monoisotopic (exact) mass is 427 g/mol. The summed E-state index contributed by atoms with van der Waals surface area (Å²) in [6.45, 7) is 0.632. The Labute approximate surface area is 150 Å². The van der Waals surface area contributed by atoms with E-state index in [1.54, 1.807) is 0 Å². The van der Waals surface area contributed by atoms with E-state index in [-0.39, 0.29) is 12.5 Å². The molecule has 0 aliphatic heterocycles. The first-order valence-corrected chi connectivity index (χ1v) is 8.97. The Morgan fingerprint density at radius 3 is 2.74 bits per heavy atom. The minimum Gasteiger partial charge on any atom is -0.375 e. The number of hydrogen-bond donors (Lipinski definition) is 3. The minimum absolute atomic E-state index is 0.0680. The van der Waals surface area contributed by atoms with E-state index in [0.717, 1.165) is 28.5 Å². The van der Waals surface area contributed by atoms with Crippen molar-refractivity contribution in [1.29, 1.82) is 0 Å². The Balaban J connectivity index is 1.63. The van der Waals surface area contributed by atoms with E-state index >= 15 is 0 Å². The molecule has 23 heavy (non-hydrogen) atoms. The zero-order chi connectivity index (χ0) is 16.5. The van der Waals surface area contributed by atoms with Crippen LogP contribution in [0.3, 0.4) is 0 Å². The topological polar surface area (TPSA) is 70.2 Å². The van der Waals surface area contributed by atoms with Crippen molar-refractivity contribution in [3.8, 4) is 0 Å². The summed E-state index contributed by atoms with van der Waals surface area (Å²) < 4.78 is 1.03. The number of rotatable bonds is 6. The van der Waals surface area contributed by atoms with Crippen LogP contribution in [-0.4, -0.2) is 25.0 Å². The number of carbonyl (C=O) groups excluding carboxylic acids is 2. The molecule has 0 aromatic heterocycles. The van der Waals surface area contributed by atoms with Gasteiger partial charge >= 0.3 is 6.03 Å². The van der Waals surface area contributed by atoms with Crippen LogP contribution in [-0.2, 0) is 4.79 Å². The van der Waals surface area contributed by atoms with Gasteiger partial charge in [-0.05, 0) is 66.8 Å². The lowest BCUT2D eigenvalue weighted by Crippen LogP contribution is -2.42. The van der Waals surface area contributed by atoms with E-state index in [0.29, 0.717) is 6.54 Å². The number of urea groups is 1. The lowest BCUT2D eigenvalue weighted by Gasteiger charge is -2.13. The lowest BCUT2D eigenvalue weighted by molar-refractivity contribution is -0.118. The van der Waals surface area contributed by atoms with Crippen molar-refractivity contribution in [1.82, 2.24) is 10.6 Å². The van der Waals surface area contributed by atoms with E-state index in [1.807, 2.05) is 24.3 Å². The first kappa shape index (κ1) is 17.8. The van der Waals surface area contributed by atoms with Crippen molar-refractivity contribution < 1.29 is 9.59 Å². The highest BCUT2D eigenvalue weighted by Gasteiger charge is 2.09. The summed E-state index contributed by atoms with van der Waals surface area (Å²) in [5, 5.41) is 8.08. The second-order valence-corrected chi connectivity index (χ2v) is 6.66. The van der Waals surface area contributed by atoms with Crippen LogP contribution in [0.4, 0.5) is 10.5 Å². The first-order valence-electron chi connectivity index (χ1n) is 7.89. The largest absolute Gasteiger partial charge is 0.375 e. The summed E-state index contributed by atoms with van der Waals surface area (Å²) in [7, 11) is 0. The molecule has 2 rings (SSSR count). The number of benzene rings is 1. The standard InChI is InChI=1S/C17H22IN3O2/c18-14-8-4-5-9-15(14)20-12-16(22)21-17(23)19-11-10-13-6-2-1-3-7-13/h4-6,8-9,20H,1-3,7,10-12H2,(H2,19,21,22,23). The van der Waals surface area contributed by atoms with Crippen LogP contribution in [0.15, 0.2) is 35.9 Å². The maximum Gasteiger partial charge on any atom is 0.321 e. The van der Waals surface area contributed by atoms with Gasteiger partial charge in [-0.15, -0.1) is 0 Å². The van der Waals surface area contributed by atoms with Gasteiger partial charge in [0.05, 0.1) is 6.54 Å². The molecule has 124 valence electrons. The summed E-state index contributed by atoms with van der Waals surface area (Å²) in [6, 6.07) is 7.24. The van der Waals surface area contributed by atoms with Gasteiger partial charge in [0.1, 0.15) is 0 Å². The van der Waals surface area contributed by atoms with E-state index in [9.17, 15) is 9.59 Å². The zero-order valence-electron chi connectivity index (χ0n) is 13.0. The number of anilines is 1. The Kier molecular flexibility index (Phi) is 7.38. The summed E-state index contributed by atoms with van der Waals surface area (Å²) >= 11 is 2.19. The molecule has 0 atom stereocenters. The molecule has 6 heteroatoms. The van der Waals surface area contributed by atoms with Gasteiger partial charge in [0.15, 0.2) is 0 Å². The Morgan fingerprint density at radius 2 is 2.00 bits per heavy atom. The maximum absolute atomic E-state index is 11.8. The highest BCUT2D eigenvalue weighted by atomic mass is 127. The van der Waals surface area contributed by atoms with Crippen molar-refractivity contribution in [3.63, 3.8) is 0 Å². The molecule has 0 radical (unpaired) electrons. The predicted octanol–water partition coefficient (Wildman–Crippen LogP) is 3.42. The van der Waals surface area contributed by atoms with Crippen molar-refractivity contribution in [2.45, 2.75) is 32.1 Å². The molecule has 0 saturated heterocycles. The highest BCUT2D eigenvalue weighted by Crippen LogP contribution is 2.19. The molecule has 3 amide bonds. The molecule has 0 saturated carbocycles. The van der Waals surface area contributed by atoms with Crippen LogP contribution < -0.4 is 16.0 Å². The van der Waals surface area contributed by atoms with Crippen LogP contribution in [0.5, 0.6) is 0 Å². The number of allylic oxidation sites excluding steroid dienone is 1. The first-order chi connectivity index (χ1) is 11.1. The highest BCUT2D eigenvalue weighted by molar-refractivity contribution is 14.1. The average Bonchev–Trinajstić information content (AvgIpc) is 2.55. The average molecular weight is 427 g/mol. The van der Waals surface area contributed by atoms with Crippen molar-refractivity contribution in [2.24, 2.45) is 0 Å². The minimum atomic E-state index is -0.434. The number of para-hydroxylation sites is 1. The zero-order valence-corrected chi connectivity index (χ0v) is 15.2. The second kappa shape index (κ2) is 9.54. The van der Waals surface area contributed by atoms with Crippen LogP contribution >= 0.6 is 22.6 Å². The molecular weight excluding hydrogens is 405 g/mol. The predicted molar refractivity (Wildman–Crippen MR) is 100 cm³/mol. The van der Waals surface area contributed by atoms with Gasteiger partial charge in [0, 0.05) is 15.8 Å². The van der Waals surface area contributed by atoms with E-state index in [2.05, 4.69) is 44.6 Å². The lowest BCUT2D eigenvalue weighted by atomic mass is 9.97. The molecule has 1 aromatic carbocycles. The van der Waals surface area contributed by atoms with Gasteiger partial charge < -0.3 is 10.6 Å². The van der Waals surface area contributed by atoms with Crippen molar-refractivity contribution in [2.75, 3.05) is 18.4 Å². The molecule has 5 nitrogen and oxygen atoms in total. The molecule has 0 unspecified atom stereocenters. The van der Waals surface area contributed by atoms with Gasteiger partial charge in [-0.2, -0.15) is 0 Å². The van der Waals surface area contributed by atoms with Crippen LogP contribution in [0.2, 0.25) is 0 Å². The van der Waals surface area contributed by atoms with Gasteiger partial charge in [0.2, 0.25) is 5.91 Å². The van der Waals surface area contributed by atoms with Gasteiger partial charge in [-0.1, -0.05) is 23.8 Å². The maximum atomic E-state index is 11.8. The molecule has 1 aliphatic rings. The van der Waals surface area contributed by atoms with Gasteiger partial charge in [0.25, 0.3) is 0 Å². The molecule has 0 heterocycles. The number of hydrogen-bond acceptors (Lipinski definition) is 3. The normalized spacial score (nSPS) is 13.9. The van der Waals surface area contributed by atoms with Gasteiger partial charge in [-0.25, -0.2) is 4.79 Å². The van der Waals surface area contributed by atoms with Crippen LogP contribution in [0.1, 0.15) is 32.1 Å². The van der Waals surface area contributed by atoms with E-state index in [1.165, 1.54) is 18.4 Å². The molecule has 3 N–H and O–H groups in total. The SMILES string of the molecule is O=C(CNc1ccccc1I)NC(=O)NCCC1=CCCCC1. The molecule has 1 aliphatic carbocycles. The fourth-order valence-corrected chi connectivity index (χ4v) is 3.04. The third kappa shape index (κ3) is 6.60. The van der Waals surface area contributed by atoms with Crippen LogP contribution in [0.25, 0.3) is 0 Å². The number of halogens is 1. The molecule has 0 spiro atoms. The third-order valence-electron chi connectivity index (χ3n) is 3.68. The van der Waals surface area contributed by atoms with Crippen molar-refractivity contribution in [3.05, 3.63) is 39.5 Å². The van der Waals surface area contributed by atoms with E-state index < -0.39 is 6.03 Å².